The zero-order valence-corrected chi connectivity index (χ0v) is 43.1. The van der Waals surface area contributed by atoms with Crippen molar-refractivity contribution in [1.82, 2.24) is 20.4 Å². The van der Waals surface area contributed by atoms with Crippen molar-refractivity contribution in [3.63, 3.8) is 0 Å². The maximum absolute atomic E-state index is 14.5. The van der Waals surface area contributed by atoms with Gasteiger partial charge in [0.15, 0.2) is 29.6 Å². The summed E-state index contributed by atoms with van der Waals surface area (Å²) in [7, 11) is 7.66. The van der Waals surface area contributed by atoms with Crippen molar-refractivity contribution >= 4 is 41.4 Å². The van der Waals surface area contributed by atoms with E-state index in [4.69, 9.17) is 42.6 Å². The van der Waals surface area contributed by atoms with Crippen molar-refractivity contribution in [2.45, 2.75) is 82.4 Å². The molecule has 2 saturated heterocycles. The van der Waals surface area contributed by atoms with E-state index in [-0.39, 0.29) is 68.6 Å². The van der Waals surface area contributed by atoms with Crippen molar-refractivity contribution < 1.29 is 76.2 Å². The van der Waals surface area contributed by atoms with Crippen LogP contribution in [0.4, 0.5) is 0 Å². The predicted octanol–water partition coefficient (Wildman–Crippen LogP) is 5.51. The van der Waals surface area contributed by atoms with Crippen molar-refractivity contribution in [2.75, 3.05) is 75.1 Å². The number of ether oxygens (including phenoxy) is 9. The summed E-state index contributed by atoms with van der Waals surface area (Å²) < 4.78 is 51.4. The summed E-state index contributed by atoms with van der Waals surface area (Å²) in [5.74, 6) is -1.37. The van der Waals surface area contributed by atoms with E-state index < -0.39 is 59.6 Å². The topological polar surface area (TPSA) is 233 Å². The Kier molecular flexibility index (Phi) is 18.9. The highest BCUT2D eigenvalue weighted by molar-refractivity contribution is 6.24. The van der Waals surface area contributed by atoms with Gasteiger partial charge in [-0.2, -0.15) is 0 Å². The fourth-order valence-electron chi connectivity index (χ4n) is 9.53. The number of rotatable bonds is 25. The smallest absolute Gasteiger partial charge is 0.329 e. The normalized spacial score (nSPS) is 17.0. The molecule has 1 unspecified atom stereocenters. The number of piperidine rings is 2. The van der Waals surface area contributed by atoms with Gasteiger partial charge in [-0.25, -0.2) is 4.79 Å². The molecule has 4 aromatic carbocycles. The Labute approximate surface area is 435 Å². The molecule has 0 radical (unpaired) electrons. The van der Waals surface area contributed by atoms with Crippen molar-refractivity contribution in [3.8, 4) is 40.2 Å². The molecule has 0 bridgehead atoms. The fourth-order valence-corrected chi connectivity index (χ4v) is 9.53. The lowest BCUT2D eigenvalue weighted by Gasteiger charge is -2.37. The van der Waals surface area contributed by atoms with Gasteiger partial charge < -0.3 is 52.8 Å². The molecule has 20 heteroatoms. The zero-order chi connectivity index (χ0) is 53.6. The maximum atomic E-state index is 14.5. The second-order valence-electron chi connectivity index (χ2n) is 17.9. The fraction of sp³-hybridized carbons (Fsp3) is 0.436. The molecule has 0 aromatic heterocycles. The van der Waals surface area contributed by atoms with E-state index in [2.05, 4.69) is 10.6 Å². The van der Waals surface area contributed by atoms with Crippen LogP contribution in [0.15, 0.2) is 72.8 Å². The number of nitrogens with zero attached hydrogens (tertiary/aromatic N) is 2. The highest BCUT2D eigenvalue weighted by Gasteiger charge is 2.46. The Morgan fingerprint density at radius 1 is 0.733 bits per heavy atom. The summed E-state index contributed by atoms with van der Waals surface area (Å²) in [6, 6.07) is 18.8. The van der Waals surface area contributed by atoms with E-state index in [1.54, 1.807) is 61.6 Å². The van der Waals surface area contributed by atoms with Crippen LogP contribution in [0, 0.1) is 0 Å². The molecule has 3 heterocycles. The lowest BCUT2D eigenvalue weighted by Crippen LogP contribution is -2.54. The van der Waals surface area contributed by atoms with E-state index in [0.29, 0.717) is 77.9 Å². The van der Waals surface area contributed by atoms with Crippen molar-refractivity contribution in [1.29, 1.82) is 0 Å². The number of esters is 1. The number of methoxy groups -OCH3 is 5. The first kappa shape index (κ1) is 54.9. The van der Waals surface area contributed by atoms with Gasteiger partial charge in [-0.1, -0.05) is 31.2 Å². The molecular weight excluding hydrogens is 973 g/mol. The summed E-state index contributed by atoms with van der Waals surface area (Å²) in [6.45, 7) is 2.34. The molecule has 6 amide bonds. The third-order valence-corrected chi connectivity index (χ3v) is 13.3. The van der Waals surface area contributed by atoms with Gasteiger partial charge in [-0.3, -0.25) is 39.0 Å². The second-order valence-corrected chi connectivity index (χ2v) is 17.9. The van der Waals surface area contributed by atoms with Gasteiger partial charge in [-0.15, -0.1) is 0 Å². The van der Waals surface area contributed by atoms with E-state index in [0.717, 1.165) is 23.3 Å². The number of carbonyl (C=O) groups is 7. The number of likely N-dealkylation sites (tertiary alicyclic amines) is 1. The Hall–Kier alpha value is -7.87. The van der Waals surface area contributed by atoms with Crippen LogP contribution in [0.5, 0.6) is 40.2 Å². The molecule has 0 saturated carbocycles. The highest BCUT2D eigenvalue weighted by Crippen LogP contribution is 2.42. The number of hydrogen-bond donors (Lipinski definition) is 2. The molecule has 20 nitrogen and oxygen atoms in total. The third-order valence-electron chi connectivity index (χ3n) is 13.3. The van der Waals surface area contributed by atoms with Crippen LogP contribution < -0.4 is 43.8 Å². The maximum Gasteiger partial charge on any atom is 0.329 e. The molecule has 0 aliphatic carbocycles. The lowest BCUT2D eigenvalue weighted by atomic mass is 9.91. The van der Waals surface area contributed by atoms with Gasteiger partial charge in [0, 0.05) is 19.5 Å². The van der Waals surface area contributed by atoms with E-state index in [1.165, 1.54) is 27.4 Å². The number of benzene rings is 4. The lowest BCUT2D eigenvalue weighted by molar-refractivity contribution is -0.162. The van der Waals surface area contributed by atoms with Crippen LogP contribution in [0.2, 0.25) is 0 Å². The Balaban J connectivity index is 0.948. The quantitative estimate of drug-likeness (QED) is 0.0473. The highest BCUT2D eigenvalue weighted by atomic mass is 16.6. The van der Waals surface area contributed by atoms with Crippen LogP contribution in [0.3, 0.4) is 0 Å². The van der Waals surface area contributed by atoms with Gasteiger partial charge in [0.05, 0.1) is 65.8 Å². The van der Waals surface area contributed by atoms with Crippen LogP contribution in [0.1, 0.15) is 101 Å². The molecule has 4 aromatic rings. The van der Waals surface area contributed by atoms with Gasteiger partial charge in [-0.05, 0) is 110 Å². The number of aryl methyl sites for hydroxylation is 1. The average molecular weight is 1040 g/mol. The summed E-state index contributed by atoms with van der Waals surface area (Å²) in [5, 5.41) is 4.92. The van der Waals surface area contributed by atoms with E-state index in [1.807, 2.05) is 31.2 Å². The van der Waals surface area contributed by atoms with Gasteiger partial charge in [0.2, 0.25) is 23.5 Å². The Morgan fingerprint density at radius 2 is 1.48 bits per heavy atom. The van der Waals surface area contributed by atoms with Crippen molar-refractivity contribution in [2.24, 2.45) is 0 Å². The van der Waals surface area contributed by atoms with Gasteiger partial charge in [0.25, 0.3) is 17.7 Å². The molecule has 75 heavy (non-hydrogen) atoms. The first-order valence-corrected chi connectivity index (χ1v) is 24.9. The minimum Gasteiger partial charge on any atom is -0.493 e. The molecule has 0 spiro atoms. The number of hydrogen-bond acceptors (Lipinski definition) is 16. The van der Waals surface area contributed by atoms with Crippen LogP contribution >= 0.6 is 0 Å². The number of fused-ring (bicyclic) bond motifs is 1. The van der Waals surface area contributed by atoms with E-state index in [9.17, 15) is 33.6 Å². The number of nitrogens with one attached hydrogen (secondary N) is 2. The largest absolute Gasteiger partial charge is 0.493 e. The molecular formula is C55H64N4O16. The Bertz CT molecular complexity index is 2720. The number of amides is 6. The second kappa shape index (κ2) is 25.9. The van der Waals surface area contributed by atoms with Crippen molar-refractivity contribution in [3.05, 3.63) is 101 Å². The standard InChI is InChI=1S/C55H64N4O16/c1-7-37(35-30-45(69-4)50(71-6)46(31-35)70-5)52(63)58-24-9-8-15-40(58)55(66)75-41(20-17-33-18-21-42(67-2)44(28-33)68-3)34-12-10-13-36(29-34)74-32-48(61)56-23-25-72-26-27-73-43-16-11-14-38-49(43)54(65)59(53(38)64)39-19-22-47(60)57-51(39)62/h10-14,16,18,21,28-31,37,39-41H,7-9,15,17,19-20,22-27,32H2,1-6H3,(H,56,61)(H,57,60,62)/t37-,39?,40-,41+/m0/s1. The Morgan fingerprint density at radius 3 is 2.19 bits per heavy atom. The first-order valence-electron chi connectivity index (χ1n) is 24.9. The molecule has 400 valence electrons. The van der Waals surface area contributed by atoms with E-state index >= 15 is 0 Å². The minimum atomic E-state index is -1.10. The molecule has 3 aliphatic rings. The molecule has 2 fully saturated rings. The van der Waals surface area contributed by atoms with Gasteiger partial charge in [0.1, 0.15) is 36.3 Å². The predicted molar refractivity (Wildman–Crippen MR) is 270 cm³/mol. The SMILES string of the molecule is CC[C@H](C(=O)N1CCCC[C@H]1C(=O)O[C@H](CCc1ccc(OC)c(OC)c1)c1cccc(OCC(=O)NCCOCCOc2cccc3c2C(=O)N(C2CCC(=O)NC2=O)C3=O)c1)c1cc(OC)c(OC)c(OC)c1. The van der Waals surface area contributed by atoms with Gasteiger partial charge >= 0.3 is 5.97 Å². The minimum absolute atomic E-state index is 0.00606. The first-order chi connectivity index (χ1) is 36.3. The molecule has 4 atom stereocenters. The zero-order valence-electron chi connectivity index (χ0n) is 43.1. The number of imide groups is 2. The molecule has 3 aliphatic heterocycles. The summed E-state index contributed by atoms with van der Waals surface area (Å²) in [4.78, 5) is 95.0. The molecule has 7 rings (SSSR count). The van der Waals surface area contributed by atoms with Crippen LogP contribution in [0.25, 0.3) is 0 Å². The average Bonchev–Trinajstić information content (AvgIpc) is 3.69. The summed E-state index contributed by atoms with van der Waals surface area (Å²) >= 11 is 0. The molecule has 2 N–H and O–H groups in total. The van der Waals surface area contributed by atoms with Crippen LogP contribution in [-0.2, 0) is 39.9 Å². The summed E-state index contributed by atoms with van der Waals surface area (Å²) in [5.41, 5.74) is 2.33. The summed E-state index contributed by atoms with van der Waals surface area (Å²) in [6.07, 6.45) is 2.42. The van der Waals surface area contributed by atoms with Crippen LogP contribution in [-0.4, -0.2) is 138 Å². The number of carbonyl (C=O) groups excluding carboxylic acids is 7. The monoisotopic (exact) mass is 1040 g/mol. The third kappa shape index (κ3) is 12.9.